The van der Waals surface area contributed by atoms with Gasteiger partial charge in [-0.1, -0.05) is 18.2 Å². The van der Waals surface area contributed by atoms with Gasteiger partial charge in [-0.15, -0.1) is 0 Å². The van der Waals surface area contributed by atoms with Crippen LogP contribution < -0.4 is 10.0 Å². The third-order valence-electron chi connectivity index (χ3n) is 4.90. The topological polar surface area (TPSA) is 93.1 Å². The molecule has 1 aromatic heterocycles. The smallest absolute Gasteiger partial charge is 0.262 e. The number of anilines is 2. The highest BCUT2D eigenvalue weighted by Gasteiger charge is 2.17. The number of carbonyl (C=O) groups is 1. The van der Waals surface area contributed by atoms with Gasteiger partial charge in [0.05, 0.1) is 22.0 Å². The Morgan fingerprint density at radius 1 is 0.939 bits per heavy atom. The van der Waals surface area contributed by atoms with E-state index in [4.69, 9.17) is 0 Å². The van der Waals surface area contributed by atoms with Gasteiger partial charge in [0.1, 0.15) is 5.82 Å². The SMILES string of the molecule is Cc1cc(C)n(-c2ccc(C(=O)Nc3cccc(S(=O)(=O)Nc4ccccc4F)c3)cc2)n1. The first-order valence-corrected chi connectivity index (χ1v) is 11.5. The van der Waals surface area contributed by atoms with Crippen molar-refractivity contribution in [2.45, 2.75) is 18.7 Å². The second-order valence-electron chi connectivity index (χ2n) is 7.45. The Kier molecular flexibility index (Phi) is 5.97. The Hall–Kier alpha value is -3.98. The highest BCUT2D eigenvalue weighted by atomic mass is 32.2. The van der Waals surface area contributed by atoms with Gasteiger partial charge in [0.2, 0.25) is 0 Å². The normalized spacial score (nSPS) is 11.2. The molecule has 0 atom stereocenters. The van der Waals surface area contributed by atoms with Gasteiger partial charge in [0, 0.05) is 16.9 Å². The van der Waals surface area contributed by atoms with Gasteiger partial charge in [0.25, 0.3) is 15.9 Å². The number of amides is 1. The summed E-state index contributed by atoms with van der Waals surface area (Å²) < 4.78 is 43.2. The molecular weight excluding hydrogens is 443 g/mol. The number of nitrogens with zero attached hydrogens (tertiary/aromatic N) is 2. The molecule has 7 nitrogen and oxygen atoms in total. The lowest BCUT2D eigenvalue weighted by Gasteiger charge is -2.11. The third-order valence-corrected chi connectivity index (χ3v) is 6.27. The molecule has 0 aliphatic rings. The number of nitrogens with one attached hydrogen (secondary N) is 2. The van der Waals surface area contributed by atoms with E-state index in [1.807, 2.05) is 19.9 Å². The molecule has 0 bridgehead atoms. The Morgan fingerprint density at radius 3 is 2.33 bits per heavy atom. The number of hydrogen-bond donors (Lipinski definition) is 2. The lowest BCUT2D eigenvalue weighted by Crippen LogP contribution is -2.15. The van der Waals surface area contributed by atoms with Crippen LogP contribution in [0.4, 0.5) is 15.8 Å². The zero-order valence-electron chi connectivity index (χ0n) is 17.9. The van der Waals surface area contributed by atoms with E-state index < -0.39 is 21.7 Å². The van der Waals surface area contributed by atoms with Crippen LogP contribution in [-0.2, 0) is 10.0 Å². The molecule has 4 rings (SSSR count). The Balaban J connectivity index is 1.50. The van der Waals surface area contributed by atoms with Crippen molar-refractivity contribution in [3.63, 3.8) is 0 Å². The molecule has 0 spiro atoms. The first-order chi connectivity index (χ1) is 15.7. The first kappa shape index (κ1) is 22.2. The minimum atomic E-state index is -4.05. The van der Waals surface area contributed by atoms with E-state index in [2.05, 4.69) is 15.1 Å². The Bertz CT molecular complexity index is 1430. The Morgan fingerprint density at radius 2 is 1.67 bits per heavy atom. The molecular formula is C24H21FN4O3S. The van der Waals surface area contributed by atoms with Crippen molar-refractivity contribution in [3.8, 4) is 5.69 Å². The summed E-state index contributed by atoms with van der Waals surface area (Å²) >= 11 is 0. The largest absolute Gasteiger partial charge is 0.322 e. The van der Waals surface area contributed by atoms with Gasteiger partial charge in [0.15, 0.2) is 0 Å². The van der Waals surface area contributed by atoms with E-state index in [9.17, 15) is 17.6 Å². The first-order valence-electron chi connectivity index (χ1n) is 10.1. The standard InChI is InChI=1S/C24H21FN4O3S/c1-16-14-17(2)29(27-16)20-12-10-18(11-13-20)24(30)26-19-6-5-7-21(15-19)33(31,32)28-23-9-4-3-8-22(23)25/h3-15,28H,1-2H3,(H,26,30). The van der Waals surface area contributed by atoms with E-state index in [1.165, 1.54) is 36.4 Å². The maximum atomic E-state index is 13.8. The second-order valence-corrected chi connectivity index (χ2v) is 9.14. The summed E-state index contributed by atoms with van der Waals surface area (Å²) in [6.45, 7) is 3.86. The Labute approximate surface area is 190 Å². The maximum Gasteiger partial charge on any atom is 0.262 e. The predicted molar refractivity (Wildman–Crippen MR) is 125 cm³/mol. The highest BCUT2D eigenvalue weighted by Crippen LogP contribution is 2.22. The van der Waals surface area contributed by atoms with Gasteiger partial charge < -0.3 is 5.32 Å². The van der Waals surface area contributed by atoms with E-state index in [1.54, 1.807) is 35.0 Å². The zero-order valence-corrected chi connectivity index (χ0v) is 18.7. The fourth-order valence-electron chi connectivity index (χ4n) is 3.34. The van der Waals surface area contributed by atoms with Crippen LogP contribution >= 0.6 is 0 Å². The number of aryl methyl sites for hydroxylation is 2. The number of sulfonamides is 1. The van der Waals surface area contributed by atoms with Crippen molar-refractivity contribution in [2.75, 3.05) is 10.0 Å². The van der Waals surface area contributed by atoms with Crippen molar-refractivity contribution in [2.24, 2.45) is 0 Å². The molecule has 3 aromatic carbocycles. The average Bonchev–Trinajstić information content (AvgIpc) is 3.13. The summed E-state index contributed by atoms with van der Waals surface area (Å²) in [5.41, 5.74) is 3.23. The summed E-state index contributed by atoms with van der Waals surface area (Å²) in [5, 5.41) is 7.11. The van der Waals surface area contributed by atoms with Gasteiger partial charge >= 0.3 is 0 Å². The molecule has 9 heteroatoms. The molecule has 4 aromatic rings. The van der Waals surface area contributed by atoms with Gasteiger partial charge in [-0.2, -0.15) is 5.10 Å². The van der Waals surface area contributed by atoms with Crippen molar-refractivity contribution in [1.82, 2.24) is 9.78 Å². The minimum Gasteiger partial charge on any atom is -0.322 e. The molecule has 0 aliphatic heterocycles. The molecule has 33 heavy (non-hydrogen) atoms. The van der Waals surface area contributed by atoms with Crippen molar-refractivity contribution >= 4 is 27.3 Å². The molecule has 0 fully saturated rings. The van der Waals surface area contributed by atoms with Crippen LogP contribution in [0, 0.1) is 19.7 Å². The molecule has 2 N–H and O–H groups in total. The minimum absolute atomic E-state index is 0.108. The van der Waals surface area contributed by atoms with Crippen molar-refractivity contribution in [1.29, 1.82) is 0 Å². The third kappa shape index (κ3) is 4.93. The molecule has 168 valence electrons. The molecule has 1 amide bonds. The lowest BCUT2D eigenvalue weighted by atomic mass is 10.2. The van der Waals surface area contributed by atoms with E-state index >= 15 is 0 Å². The van der Waals surface area contributed by atoms with E-state index in [-0.39, 0.29) is 10.6 Å². The second kappa shape index (κ2) is 8.87. The van der Waals surface area contributed by atoms with E-state index in [0.29, 0.717) is 11.3 Å². The van der Waals surface area contributed by atoms with Crippen LogP contribution in [0.15, 0.2) is 83.8 Å². The average molecular weight is 465 g/mol. The number of halogens is 1. The van der Waals surface area contributed by atoms with Gasteiger partial charge in [-0.25, -0.2) is 17.5 Å². The maximum absolute atomic E-state index is 13.8. The fraction of sp³-hybridized carbons (Fsp3) is 0.0833. The number of hydrogen-bond acceptors (Lipinski definition) is 4. The molecule has 0 saturated carbocycles. The van der Waals surface area contributed by atoms with E-state index in [0.717, 1.165) is 23.1 Å². The highest BCUT2D eigenvalue weighted by molar-refractivity contribution is 7.92. The zero-order chi connectivity index (χ0) is 23.6. The monoisotopic (exact) mass is 464 g/mol. The van der Waals surface area contributed by atoms with Crippen LogP contribution in [0.1, 0.15) is 21.7 Å². The number of rotatable bonds is 6. The summed E-state index contributed by atoms with van der Waals surface area (Å²) in [7, 11) is -4.05. The van der Waals surface area contributed by atoms with Crippen LogP contribution in [0.3, 0.4) is 0 Å². The molecule has 0 unspecified atom stereocenters. The number of carbonyl (C=O) groups excluding carboxylic acids is 1. The van der Waals surface area contributed by atoms with Crippen molar-refractivity contribution < 1.29 is 17.6 Å². The molecule has 0 saturated heterocycles. The van der Waals surface area contributed by atoms with Crippen LogP contribution in [0.5, 0.6) is 0 Å². The quantitative estimate of drug-likeness (QED) is 0.433. The number of para-hydroxylation sites is 1. The van der Waals surface area contributed by atoms with Gasteiger partial charge in [-0.05, 0) is 74.5 Å². The molecule has 0 aliphatic carbocycles. The van der Waals surface area contributed by atoms with Crippen molar-refractivity contribution in [3.05, 3.63) is 102 Å². The lowest BCUT2D eigenvalue weighted by molar-refractivity contribution is 0.102. The van der Waals surface area contributed by atoms with Gasteiger partial charge in [-0.3, -0.25) is 9.52 Å². The van der Waals surface area contributed by atoms with Crippen LogP contribution in [0.2, 0.25) is 0 Å². The summed E-state index contributed by atoms with van der Waals surface area (Å²) in [5.74, 6) is -1.08. The summed E-state index contributed by atoms with van der Waals surface area (Å²) in [6.07, 6.45) is 0. The molecule has 1 heterocycles. The van der Waals surface area contributed by atoms with Crippen LogP contribution in [0.25, 0.3) is 5.69 Å². The number of benzene rings is 3. The summed E-state index contributed by atoms with van der Waals surface area (Å²) in [4.78, 5) is 12.6. The van der Waals surface area contributed by atoms with Crippen LogP contribution in [-0.4, -0.2) is 24.1 Å². The number of aromatic nitrogens is 2. The predicted octanol–water partition coefficient (Wildman–Crippen LogP) is 4.68. The fourth-order valence-corrected chi connectivity index (χ4v) is 4.45. The summed E-state index contributed by atoms with van der Waals surface area (Å²) in [6, 6.07) is 20.1. The molecule has 0 radical (unpaired) electrons.